The van der Waals surface area contributed by atoms with Crippen LogP contribution in [0.4, 0.5) is 5.69 Å². The Morgan fingerprint density at radius 2 is 2.10 bits per heavy atom. The summed E-state index contributed by atoms with van der Waals surface area (Å²) < 4.78 is 2.01. The first kappa shape index (κ1) is 15.9. The van der Waals surface area contributed by atoms with Crippen molar-refractivity contribution in [3.63, 3.8) is 0 Å². The second-order valence-corrected chi connectivity index (χ2v) is 6.16. The van der Waals surface area contributed by atoms with Gasteiger partial charge in [-0.15, -0.1) is 10.2 Å². The van der Waals surface area contributed by atoms with Gasteiger partial charge in [0.2, 0.25) is 5.91 Å². The van der Waals surface area contributed by atoms with E-state index in [0.717, 1.165) is 11.0 Å². The van der Waals surface area contributed by atoms with E-state index in [-0.39, 0.29) is 17.7 Å². The molecule has 1 N–H and O–H groups in total. The van der Waals surface area contributed by atoms with Gasteiger partial charge in [0.15, 0.2) is 5.16 Å². The number of para-hydroxylation sites is 1. The van der Waals surface area contributed by atoms with Crippen LogP contribution in [-0.2, 0) is 4.79 Å². The number of aromatic nitrogens is 3. The van der Waals surface area contributed by atoms with E-state index >= 15 is 0 Å². The molecule has 112 valence electrons. The lowest BCUT2D eigenvalue weighted by molar-refractivity contribution is -0.113. The highest BCUT2D eigenvalue weighted by Crippen LogP contribution is 2.23. The number of nitrogens with one attached hydrogen (secondary N) is 1. The summed E-state index contributed by atoms with van der Waals surface area (Å²) in [4.78, 5) is 12.0. The van der Waals surface area contributed by atoms with Crippen molar-refractivity contribution in [1.82, 2.24) is 14.8 Å². The molecular formula is C14H17ClN4OS. The molecular weight excluding hydrogens is 308 g/mol. The minimum Gasteiger partial charge on any atom is -0.324 e. The van der Waals surface area contributed by atoms with E-state index < -0.39 is 0 Å². The first-order valence-electron chi connectivity index (χ1n) is 6.57. The number of hydrogen-bond acceptors (Lipinski definition) is 4. The van der Waals surface area contributed by atoms with Gasteiger partial charge in [-0.25, -0.2) is 0 Å². The van der Waals surface area contributed by atoms with Gasteiger partial charge in [0.1, 0.15) is 5.82 Å². The van der Waals surface area contributed by atoms with Crippen LogP contribution in [0.5, 0.6) is 0 Å². The number of rotatable bonds is 5. The van der Waals surface area contributed by atoms with Crippen molar-refractivity contribution in [1.29, 1.82) is 0 Å². The van der Waals surface area contributed by atoms with Crippen molar-refractivity contribution in [2.45, 2.75) is 32.0 Å². The van der Waals surface area contributed by atoms with Gasteiger partial charge >= 0.3 is 0 Å². The summed E-state index contributed by atoms with van der Waals surface area (Å²) in [6.07, 6.45) is 0. The van der Waals surface area contributed by atoms with Gasteiger partial charge in [-0.05, 0) is 32.9 Å². The van der Waals surface area contributed by atoms with Crippen molar-refractivity contribution >= 4 is 35.0 Å². The van der Waals surface area contributed by atoms with Crippen LogP contribution in [0.3, 0.4) is 0 Å². The number of hydrogen-bond donors (Lipinski definition) is 1. The number of carbonyl (C=O) groups excluding carboxylic acids is 1. The maximum atomic E-state index is 12.0. The Labute approximate surface area is 133 Å². The summed E-state index contributed by atoms with van der Waals surface area (Å²) in [6, 6.07) is 7.41. The zero-order valence-electron chi connectivity index (χ0n) is 12.1. The Morgan fingerprint density at radius 1 is 1.38 bits per heavy atom. The largest absolute Gasteiger partial charge is 0.324 e. The van der Waals surface area contributed by atoms with E-state index in [1.54, 1.807) is 12.1 Å². The second kappa shape index (κ2) is 6.95. The highest BCUT2D eigenvalue weighted by Gasteiger charge is 2.14. The lowest BCUT2D eigenvalue weighted by Gasteiger charge is -2.11. The Kier molecular flexibility index (Phi) is 5.25. The average molecular weight is 325 g/mol. The number of amides is 1. The van der Waals surface area contributed by atoms with Crippen LogP contribution in [0.15, 0.2) is 29.4 Å². The molecule has 2 rings (SSSR count). The molecule has 5 nitrogen and oxygen atoms in total. The molecule has 0 spiro atoms. The fourth-order valence-electron chi connectivity index (χ4n) is 1.92. The third-order valence-corrected chi connectivity index (χ3v) is 4.10. The number of aryl methyl sites for hydroxylation is 1. The fraction of sp³-hybridized carbons (Fsp3) is 0.357. The number of benzene rings is 1. The maximum Gasteiger partial charge on any atom is 0.234 e. The molecule has 0 saturated heterocycles. The molecule has 0 unspecified atom stereocenters. The quantitative estimate of drug-likeness (QED) is 0.854. The van der Waals surface area contributed by atoms with Gasteiger partial charge < -0.3 is 9.88 Å². The normalized spacial score (nSPS) is 10.9. The Balaban J connectivity index is 1.98. The van der Waals surface area contributed by atoms with Gasteiger partial charge in [-0.2, -0.15) is 0 Å². The number of anilines is 1. The van der Waals surface area contributed by atoms with Gasteiger partial charge in [-0.3, -0.25) is 4.79 Å². The van der Waals surface area contributed by atoms with Crippen molar-refractivity contribution in [2.24, 2.45) is 0 Å². The van der Waals surface area contributed by atoms with Crippen LogP contribution < -0.4 is 5.32 Å². The standard InChI is InChI=1S/C14H17ClN4OS/c1-9(2)19-10(3)17-18-14(19)21-8-13(20)16-12-7-5-4-6-11(12)15/h4-7,9H,8H2,1-3H3,(H,16,20). The molecule has 0 saturated carbocycles. The molecule has 2 aromatic rings. The molecule has 1 heterocycles. The molecule has 0 radical (unpaired) electrons. The van der Waals surface area contributed by atoms with Crippen molar-refractivity contribution in [2.75, 3.05) is 11.1 Å². The molecule has 1 aromatic heterocycles. The zero-order chi connectivity index (χ0) is 15.4. The molecule has 0 aliphatic rings. The molecule has 0 bridgehead atoms. The van der Waals surface area contributed by atoms with Crippen LogP contribution in [0.1, 0.15) is 25.7 Å². The molecule has 0 aliphatic heterocycles. The third kappa shape index (κ3) is 3.98. The molecule has 0 aliphatic carbocycles. The Morgan fingerprint density at radius 3 is 2.76 bits per heavy atom. The molecule has 0 fully saturated rings. The van der Waals surface area contributed by atoms with Crippen molar-refractivity contribution in [3.05, 3.63) is 35.1 Å². The van der Waals surface area contributed by atoms with Gasteiger partial charge in [0.05, 0.1) is 16.5 Å². The lowest BCUT2D eigenvalue weighted by Crippen LogP contribution is -2.15. The van der Waals surface area contributed by atoms with E-state index in [1.165, 1.54) is 11.8 Å². The number of thioether (sulfide) groups is 1. The first-order valence-corrected chi connectivity index (χ1v) is 7.94. The highest BCUT2D eigenvalue weighted by atomic mass is 35.5. The summed E-state index contributed by atoms with van der Waals surface area (Å²) >= 11 is 7.37. The minimum atomic E-state index is -0.121. The topological polar surface area (TPSA) is 59.8 Å². The highest BCUT2D eigenvalue weighted by molar-refractivity contribution is 7.99. The van der Waals surface area contributed by atoms with Gasteiger partial charge in [0, 0.05) is 6.04 Å². The predicted octanol–water partition coefficient (Wildman–Crippen LogP) is 3.55. The maximum absolute atomic E-state index is 12.0. The molecule has 21 heavy (non-hydrogen) atoms. The van der Waals surface area contributed by atoms with E-state index in [1.807, 2.05) is 23.6 Å². The van der Waals surface area contributed by atoms with Crippen LogP contribution in [0, 0.1) is 6.92 Å². The van der Waals surface area contributed by atoms with Crippen LogP contribution in [0.25, 0.3) is 0 Å². The number of halogens is 1. The zero-order valence-corrected chi connectivity index (χ0v) is 13.7. The molecule has 7 heteroatoms. The number of carbonyl (C=O) groups is 1. The summed E-state index contributed by atoms with van der Waals surface area (Å²) in [6.45, 7) is 6.02. The Hall–Kier alpha value is -1.53. The summed E-state index contributed by atoms with van der Waals surface area (Å²) in [5.74, 6) is 0.985. The number of nitrogens with zero attached hydrogens (tertiary/aromatic N) is 3. The van der Waals surface area contributed by atoms with Crippen LogP contribution in [0.2, 0.25) is 5.02 Å². The van der Waals surface area contributed by atoms with Crippen molar-refractivity contribution < 1.29 is 4.79 Å². The lowest BCUT2D eigenvalue weighted by atomic mass is 10.3. The average Bonchev–Trinajstić information content (AvgIpc) is 2.80. The molecule has 0 atom stereocenters. The van der Waals surface area contributed by atoms with E-state index in [0.29, 0.717) is 10.7 Å². The summed E-state index contributed by atoms with van der Waals surface area (Å²) in [5, 5.41) is 12.2. The van der Waals surface area contributed by atoms with Crippen molar-refractivity contribution in [3.8, 4) is 0 Å². The SMILES string of the molecule is Cc1nnc(SCC(=O)Nc2ccccc2Cl)n1C(C)C. The van der Waals surface area contributed by atoms with Gasteiger partial charge in [-0.1, -0.05) is 35.5 Å². The van der Waals surface area contributed by atoms with E-state index in [4.69, 9.17) is 11.6 Å². The second-order valence-electron chi connectivity index (χ2n) is 4.81. The van der Waals surface area contributed by atoms with Gasteiger partial charge in [0.25, 0.3) is 0 Å². The Bertz CT molecular complexity index is 642. The predicted molar refractivity (Wildman–Crippen MR) is 85.9 cm³/mol. The van der Waals surface area contributed by atoms with Crippen LogP contribution in [-0.4, -0.2) is 26.4 Å². The van der Waals surface area contributed by atoms with E-state index in [2.05, 4.69) is 29.4 Å². The minimum absolute atomic E-state index is 0.121. The fourth-order valence-corrected chi connectivity index (χ4v) is 3.02. The summed E-state index contributed by atoms with van der Waals surface area (Å²) in [7, 11) is 0. The first-order chi connectivity index (χ1) is 9.99. The molecule has 1 amide bonds. The summed E-state index contributed by atoms with van der Waals surface area (Å²) in [5.41, 5.74) is 0.617. The van der Waals surface area contributed by atoms with Crippen LogP contribution >= 0.6 is 23.4 Å². The smallest absolute Gasteiger partial charge is 0.234 e. The van der Waals surface area contributed by atoms with E-state index in [9.17, 15) is 4.79 Å². The monoisotopic (exact) mass is 324 g/mol. The third-order valence-electron chi connectivity index (χ3n) is 2.83. The molecule has 1 aromatic carbocycles.